The fourth-order valence-electron chi connectivity index (χ4n) is 2.82. The molecule has 22 heavy (non-hydrogen) atoms. The molecule has 0 spiro atoms. The Morgan fingerprint density at radius 2 is 2.00 bits per heavy atom. The number of alkyl halides is 3. The van der Waals surface area contributed by atoms with Crippen molar-refractivity contribution in [3.8, 4) is 0 Å². The molecular formula is C15H18F3N3S. The molecule has 7 heteroatoms. The van der Waals surface area contributed by atoms with E-state index in [1.165, 1.54) is 0 Å². The van der Waals surface area contributed by atoms with Crippen molar-refractivity contribution in [3.63, 3.8) is 0 Å². The third-order valence-corrected chi connectivity index (χ3v) is 5.06. The number of halogens is 3. The van der Waals surface area contributed by atoms with Crippen molar-refractivity contribution in [2.24, 2.45) is 0 Å². The summed E-state index contributed by atoms with van der Waals surface area (Å²) in [6.45, 7) is 0.988. The van der Waals surface area contributed by atoms with Crippen LogP contribution in [0.4, 0.5) is 18.9 Å². The highest BCUT2D eigenvalue weighted by molar-refractivity contribution is 8.02. The van der Waals surface area contributed by atoms with Gasteiger partial charge < -0.3 is 10.6 Å². The molecule has 3 nitrogen and oxygen atoms in total. The van der Waals surface area contributed by atoms with Crippen LogP contribution in [0.15, 0.2) is 34.7 Å². The molecule has 3 N–H and O–H groups in total. The smallest absolute Gasteiger partial charge is 0.360 e. The van der Waals surface area contributed by atoms with Gasteiger partial charge in [0.2, 0.25) is 0 Å². The molecular weight excluding hydrogens is 311 g/mol. The lowest BCUT2D eigenvalue weighted by Gasteiger charge is -2.40. The number of piperidine rings is 1. The zero-order valence-electron chi connectivity index (χ0n) is 12.0. The molecule has 0 bridgehead atoms. The van der Waals surface area contributed by atoms with E-state index in [0.717, 1.165) is 16.1 Å². The van der Waals surface area contributed by atoms with Gasteiger partial charge in [0, 0.05) is 17.6 Å². The van der Waals surface area contributed by atoms with E-state index >= 15 is 0 Å². The van der Waals surface area contributed by atoms with Crippen LogP contribution in [0, 0.1) is 0 Å². The Balaban J connectivity index is 1.73. The van der Waals surface area contributed by atoms with Crippen LogP contribution in [0.2, 0.25) is 0 Å². The summed E-state index contributed by atoms with van der Waals surface area (Å²) in [5.74, 6) is 0. The molecule has 2 heterocycles. The zero-order chi connectivity index (χ0) is 15.6. The number of thioether (sulfide) groups is 1. The molecule has 3 rings (SSSR count). The summed E-state index contributed by atoms with van der Waals surface area (Å²) in [4.78, 5) is 1.08. The number of rotatable bonds is 3. The van der Waals surface area contributed by atoms with Gasteiger partial charge in [-0.1, -0.05) is 17.8 Å². The Hall–Kier alpha value is -1.18. The van der Waals surface area contributed by atoms with E-state index < -0.39 is 11.7 Å². The van der Waals surface area contributed by atoms with Gasteiger partial charge in [0.15, 0.2) is 0 Å². The van der Waals surface area contributed by atoms with Gasteiger partial charge in [-0.25, -0.2) is 0 Å². The maximum Gasteiger partial charge on any atom is 0.406 e. The monoisotopic (exact) mass is 329 g/mol. The average molecular weight is 329 g/mol. The average Bonchev–Trinajstić information content (AvgIpc) is 2.52. The van der Waals surface area contributed by atoms with Crippen molar-refractivity contribution in [3.05, 3.63) is 35.4 Å². The molecule has 0 radical (unpaired) electrons. The third-order valence-electron chi connectivity index (χ3n) is 4.18. The first-order valence-corrected chi connectivity index (χ1v) is 8.12. The van der Waals surface area contributed by atoms with E-state index in [4.69, 9.17) is 0 Å². The second-order valence-electron chi connectivity index (χ2n) is 5.58. The minimum atomic E-state index is -4.24. The highest BCUT2D eigenvalue weighted by Crippen LogP contribution is 2.38. The number of fused-ring (bicyclic) bond motifs is 1. The molecule has 0 aliphatic carbocycles. The second-order valence-corrected chi connectivity index (χ2v) is 6.53. The topological polar surface area (TPSA) is 36.1 Å². The van der Waals surface area contributed by atoms with Gasteiger partial charge in [0.25, 0.3) is 0 Å². The highest BCUT2D eigenvalue weighted by atomic mass is 32.2. The Bertz CT molecular complexity index is 566. The van der Waals surface area contributed by atoms with Crippen LogP contribution in [0.25, 0.3) is 0 Å². The summed E-state index contributed by atoms with van der Waals surface area (Å²) < 4.78 is 40.4. The molecule has 1 saturated heterocycles. The molecule has 1 fully saturated rings. The maximum absolute atomic E-state index is 13.5. The predicted molar refractivity (Wildman–Crippen MR) is 82.8 cm³/mol. The normalized spacial score (nSPS) is 20.3. The van der Waals surface area contributed by atoms with Crippen LogP contribution in [-0.4, -0.2) is 24.8 Å². The first kappa shape index (κ1) is 15.7. The van der Waals surface area contributed by atoms with Crippen molar-refractivity contribution < 1.29 is 13.2 Å². The fourth-order valence-corrected chi connectivity index (χ4v) is 3.49. The molecule has 2 aliphatic heterocycles. The number of hydrogen-bond donors (Lipinski definition) is 3. The van der Waals surface area contributed by atoms with E-state index in [1.54, 1.807) is 11.8 Å². The molecule has 0 aromatic heterocycles. The summed E-state index contributed by atoms with van der Waals surface area (Å²) in [6.07, 6.45) is -2.27. The summed E-state index contributed by atoms with van der Waals surface area (Å²) in [7, 11) is 0. The van der Waals surface area contributed by atoms with Gasteiger partial charge in [-0.15, -0.1) is 0 Å². The van der Waals surface area contributed by atoms with E-state index in [-0.39, 0.29) is 19.4 Å². The summed E-state index contributed by atoms with van der Waals surface area (Å²) in [5.41, 5.74) is 0.0124. The maximum atomic E-state index is 13.5. The lowest BCUT2D eigenvalue weighted by atomic mass is 9.87. The van der Waals surface area contributed by atoms with Crippen LogP contribution < -0.4 is 16.0 Å². The van der Waals surface area contributed by atoms with Crippen molar-refractivity contribution in [2.75, 3.05) is 18.4 Å². The Morgan fingerprint density at radius 1 is 1.23 bits per heavy atom. The minimum absolute atomic E-state index is 0.0677. The summed E-state index contributed by atoms with van der Waals surface area (Å²) in [5, 5.41) is 10.8. The first-order chi connectivity index (χ1) is 10.5. The van der Waals surface area contributed by atoms with Crippen molar-refractivity contribution in [2.45, 2.75) is 36.0 Å². The molecule has 0 unspecified atom stereocenters. The Morgan fingerprint density at radius 3 is 2.73 bits per heavy atom. The highest BCUT2D eigenvalue weighted by Gasteiger charge is 2.54. The minimum Gasteiger partial charge on any atom is -0.360 e. The molecule has 2 aliphatic rings. The molecule has 0 amide bonds. The van der Waals surface area contributed by atoms with Crippen LogP contribution in [0.5, 0.6) is 0 Å². The van der Waals surface area contributed by atoms with Gasteiger partial charge in [0.1, 0.15) is 5.54 Å². The number of nitrogens with one attached hydrogen (secondary N) is 3. The molecule has 0 atom stereocenters. The fraction of sp³-hybridized carbons (Fsp3) is 0.467. The van der Waals surface area contributed by atoms with Crippen molar-refractivity contribution >= 4 is 17.4 Å². The van der Waals surface area contributed by atoms with E-state index in [0.29, 0.717) is 13.1 Å². The molecule has 1 aromatic rings. The summed E-state index contributed by atoms with van der Waals surface area (Å²) in [6, 6.07) is 5.73. The van der Waals surface area contributed by atoms with E-state index in [9.17, 15) is 13.2 Å². The SMILES string of the molecule is FC(F)(F)C1(NCc2ccc3c(c2)NC=CS3)CCNCC1. The van der Waals surface area contributed by atoms with Gasteiger partial charge in [0.05, 0.1) is 5.69 Å². The van der Waals surface area contributed by atoms with Crippen LogP contribution in [0.3, 0.4) is 0 Å². The lowest BCUT2D eigenvalue weighted by Crippen LogP contribution is -2.61. The van der Waals surface area contributed by atoms with Crippen molar-refractivity contribution in [1.29, 1.82) is 0 Å². The standard InChI is InChI=1S/C15H18F3N3S/c16-15(17,18)14(3-5-19-6-4-14)21-10-11-1-2-13-12(9-11)20-7-8-22-13/h1-2,7-9,19-21H,3-6,10H2. The lowest BCUT2D eigenvalue weighted by molar-refractivity contribution is -0.204. The van der Waals surface area contributed by atoms with Crippen molar-refractivity contribution in [1.82, 2.24) is 10.6 Å². The number of benzene rings is 1. The van der Waals surface area contributed by atoms with Crippen LogP contribution in [0.1, 0.15) is 18.4 Å². The third kappa shape index (κ3) is 3.11. The Labute approximate surface area is 131 Å². The predicted octanol–water partition coefficient (Wildman–Crippen LogP) is 3.45. The van der Waals surface area contributed by atoms with Crippen LogP contribution >= 0.6 is 11.8 Å². The molecule has 1 aromatic carbocycles. The second kappa shape index (κ2) is 6.14. The van der Waals surface area contributed by atoms with E-state index in [2.05, 4.69) is 16.0 Å². The first-order valence-electron chi connectivity index (χ1n) is 7.24. The largest absolute Gasteiger partial charge is 0.406 e. The van der Waals surface area contributed by atoms with Crippen LogP contribution in [-0.2, 0) is 6.54 Å². The van der Waals surface area contributed by atoms with Gasteiger partial charge in [-0.3, -0.25) is 5.32 Å². The number of anilines is 1. The zero-order valence-corrected chi connectivity index (χ0v) is 12.8. The number of hydrogen-bond acceptors (Lipinski definition) is 4. The quantitative estimate of drug-likeness (QED) is 0.794. The molecule has 0 saturated carbocycles. The summed E-state index contributed by atoms with van der Waals surface area (Å²) >= 11 is 1.60. The van der Waals surface area contributed by atoms with Gasteiger partial charge >= 0.3 is 6.18 Å². The van der Waals surface area contributed by atoms with E-state index in [1.807, 2.05) is 29.8 Å². The van der Waals surface area contributed by atoms with Gasteiger partial charge in [-0.2, -0.15) is 13.2 Å². The van der Waals surface area contributed by atoms with Gasteiger partial charge in [-0.05, 0) is 49.0 Å². The Kier molecular flexibility index (Phi) is 4.38. The molecule has 120 valence electrons.